The number of hydrogen-bond donors (Lipinski definition) is 1. The van der Waals surface area contributed by atoms with E-state index in [2.05, 4.69) is 20.9 Å². The molecule has 2 heterocycles. The zero-order valence-corrected chi connectivity index (χ0v) is 19.7. The zero-order valence-electron chi connectivity index (χ0n) is 19.7. The average molecular weight is 506 g/mol. The molecule has 0 saturated heterocycles. The molecule has 0 atom stereocenters. The van der Waals surface area contributed by atoms with Gasteiger partial charge in [0.1, 0.15) is 5.82 Å². The summed E-state index contributed by atoms with van der Waals surface area (Å²) >= 11 is 0. The van der Waals surface area contributed by atoms with Gasteiger partial charge in [-0.25, -0.2) is 14.8 Å². The van der Waals surface area contributed by atoms with Crippen LogP contribution in [0.5, 0.6) is 0 Å². The Hall–Kier alpha value is -4.24. The van der Waals surface area contributed by atoms with E-state index in [1.54, 1.807) is 30.6 Å². The molecule has 2 N–H and O–H groups in total. The number of hydrogen-bond acceptors (Lipinski definition) is 4. The molecule has 0 aliphatic carbocycles. The Morgan fingerprint density at radius 3 is 2.32 bits per heavy atom. The lowest BCUT2D eigenvalue weighted by Crippen LogP contribution is -2.30. The minimum Gasteiger partial charge on any atom is -0.699 e. The van der Waals surface area contributed by atoms with Gasteiger partial charge in [0, 0.05) is 25.5 Å². The number of benzene rings is 3. The van der Waals surface area contributed by atoms with Crippen LogP contribution < -0.4 is 0 Å². The first-order chi connectivity index (χ1) is 17.7. The van der Waals surface area contributed by atoms with Crippen LogP contribution in [-0.4, -0.2) is 32.5 Å². The van der Waals surface area contributed by atoms with E-state index < -0.39 is 17.7 Å². The molecule has 0 saturated carbocycles. The second kappa shape index (κ2) is 11.2. The molecule has 1 aliphatic heterocycles. The second-order valence-electron chi connectivity index (χ2n) is 8.54. The fourth-order valence-electron chi connectivity index (χ4n) is 4.12. The van der Waals surface area contributed by atoms with Crippen LogP contribution in [0.15, 0.2) is 85.2 Å². The summed E-state index contributed by atoms with van der Waals surface area (Å²) in [4.78, 5) is 21.9. The van der Waals surface area contributed by atoms with Gasteiger partial charge < -0.3 is 10.8 Å². The van der Waals surface area contributed by atoms with E-state index in [0.29, 0.717) is 16.8 Å². The van der Waals surface area contributed by atoms with Crippen LogP contribution in [0.25, 0.3) is 16.9 Å². The number of carboxylic acid groups (broad SMARTS) is 1. The summed E-state index contributed by atoms with van der Waals surface area (Å²) in [6, 6.07) is 18.3. The van der Waals surface area contributed by atoms with Gasteiger partial charge in [0.05, 0.1) is 17.7 Å². The number of nitrogens with zero attached hydrogens (tertiary/aromatic N) is 3. The Morgan fingerprint density at radius 1 is 0.946 bits per heavy atom. The lowest BCUT2D eigenvalue weighted by Gasteiger charge is -2.28. The van der Waals surface area contributed by atoms with E-state index in [9.17, 15) is 18.0 Å². The number of carboxylic acids is 1. The highest BCUT2D eigenvalue weighted by Gasteiger charge is 2.30. The Labute approximate surface area is 212 Å². The summed E-state index contributed by atoms with van der Waals surface area (Å²) in [5, 5.41) is 9.03. The first-order valence-electron chi connectivity index (χ1n) is 11.5. The number of aromatic nitrogens is 2. The molecule has 9 heteroatoms. The maximum atomic E-state index is 12.4. The quantitative estimate of drug-likeness (QED) is 0.330. The number of alkyl halides is 3. The standard InChI is InChI=1S/C14H9F3O2.C14H15N4/c15-14(16,17)10-7-5-9(6-8-10)11-3-1-2-4-12(11)13(18)19;15-13-3-2-12-9-18(7-4-11(12)8-13)10-14-16-5-1-6-17-14/h1-8H,(H,18,19);1-3,5-6,8,15H,4,7,9-10H2/q;-1. The number of carbonyl (C=O) groups is 1. The molecule has 0 unspecified atom stereocenters. The van der Waals surface area contributed by atoms with Gasteiger partial charge in [0.25, 0.3) is 0 Å². The Morgan fingerprint density at radius 2 is 1.65 bits per heavy atom. The molecule has 3 aromatic carbocycles. The molecule has 5 rings (SSSR count). The number of nitrogens with one attached hydrogen (secondary N) is 1. The molecule has 0 spiro atoms. The van der Waals surface area contributed by atoms with Crippen molar-refractivity contribution >= 4 is 11.7 Å². The van der Waals surface area contributed by atoms with Gasteiger partial charge in [-0.1, -0.05) is 48.5 Å². The van der Waals surface area contributed by atoms with Crippen molar-refractivity contribution in [3.8, 4) is 11.1 Å². The van der Waals surface area contributed by atoms with Crippen LogP contribution in [0.1, 0.15) is 32.9 Å². The van der Waals surface area contributed by atoms with Crippen molar-refractivity contribution < 1.29 is 23.1 Å². The SMILES string of the molecule is O=C(O)c1ccccc1-c1ccc(C(F)(F)F)cc1.[NH-]c1ccc2c(c1)CCN(Cc1ncccn1)C2. The van der Waals surface area contributed by atoms with E-state index in [0.717, 1.165) is 44.0 Å². The molecule has 6 nitrogen and oxygen atoms in total. The number of rotatable bonds is 4. The fourth-order valence-corrected chi connectivity index (χ4v) is 4.12. The first kappa shape index (κ1) is 25.8. The molecule has 1 aliphatic rings. The van der Waals surface area contributed by atoms with Crippen molar-refractivity contribution in [2.75, 3.05) is 6.54 Å². The van der Waals surface area contributed by atoms with Crippen molar-refractivity contribution in [2.24, 2.45) is 0 Å². The molecule has 0 bridgehead atoms. The molecule has 190 valence electrons. The van der Waals surface area contributed by atoms with Gasteiger partial charge in [-0.05, 0) is 52.9 Å². The molecule has 1 aromatic heterocycles. The molecular weight excluding hydrogens is 481 g/mol. The van der Waals surface area contributed by atoms with Crippen molar-refractivity contribution in [3.05, 3.63) is 119 Å². The van der Waals surface area contributed by atoms with Crippen LogP contribution in [0.3, 0.4) is 0 Å². The fraction of sp³-hybridized carbons (Fsp3) is 0.179. The third-order valence-corrected chi connectivity index (χ3v) is 5.96. The average Bonchev–Trinajstić information content (AvgIpc) is 2.89. The minimum atomic E-state index is -4.40. The summed E-state index contributed by atoms with van der Waals surface area (Å²) in [5.74, 6) is -0.242. The number of halogens is 3. The van der Waals surface area contributed by atoms with Crippen molar-refractivity contribution in [1.29, 1.82) is 0 Å². The Kier molecular flexibility index (Phi) is 7.83. The highest BCUT2D eigenvalue weighted by Crippen LogP contribution is 2.32. The molecule has 0 fully saturated rings. The summed E-state index contributed by atoms with van der Waals surface area (Å²) in [6.45, 7) is 2.73. The molecular formula is C28H24F3N4O2-. The predicted octanol–water partition coefficient (Wildman–Crippen LogP) is 6.79. The smallest absolute Gasteiger partial charge is 0.416 e. The van der Waals surface area contributed by atoms with Crippen LogP contribution in [0.4, 0.5) is 18.9 Å². The molecule has 0 amide bonds. The third kappa shape index (κ3) is 6.71. The Bertz CT molecular complexity index is 1360. The normalized spacial score (nSPS) is 13.3. The van der Waals surface area contributed by atoms with Crippen molar-refractivity contribution in [1.82, 2.24) is 14.9 Å². The van der Waals surface area contributed by atoms with Gasteiger partial charge in [0.15, 0.2) is 0 Å². The highest BCUT2D eigenvalue weighted by atomic mass is 19.4. The van der Waals surface area contributed by atoms with Gasteiger partial charge in [-0.3, -0.25) is 4.90 Å². The first-order valence-corrected chi connectivity index (χ1v) is 11.5. The van der Waals surface area contributed by atoms with E-state index in [-0.39, 0.29) is 5.56 Å². The lowest BCUT2D eigenvalue weighted by molar-refractivity contribution is -0.137. The van der Waals surface area contributed by atoms with Crippen molar-refractivity contribution in [2.45, 2.75) is 25.7 Å². The maximum Gasteiger partial charge on any atom is 0.416 e. The van der Waals surface area contributed by atoms with E-state index in [1.807, 2.05) is 18.2 Å². The highest BCUT2D eigenvalue weighted by molar-refractivity contribution is 5.96. The lowest BCUT2D eigenvalue weighted by atomic mass is 9.99. The van der Waals surface area contributed by atoms with Crippen molar-refractivity contribution in [3.63, 3.8) is 0 Å². The number of fused-ring (bicyclic) bond motifs is 1. The summed E-state index contributed by atoms with van der Waals surface area (Å²) in [5.41, 5.74) is 11.0. The summed E-state index contributed by atoms with van der Waals surface area (Å²) in [7, 11) is 0. The Balaban J connectivity index is 0.000000173. The van der Waals surface area contributed by atoms with Gasteiger partial charge in [0.2, 0.25) is 0 Å². The third-order valence-electron chi connectivity index (χ3n) is 5.96. The number of aromatic carboxylic acids is 1. The largest absolute Gasteiger partial charge is 0.699 e. The van der Waals surface area contributed by atoms with Crippen LogP contribution in [-0.2, 0) is 25.7 Å². The second-order valence-corrected chi connectivity index (χ2v) is 8.54. The van der Waals surface area contributed by atoms with E-state index in [1.165, 1.54) is 29.3 Å². The topological polar surface area (TPSA) is 90.1 Å². The van der Waals surface area contributed by atoms with Crippen LogP contribution in [0.2, 0.25) is 0 Å². The van der Waals surface area contributed by atoms with Gasteiger partial charge in [-0.15, -0.1) is 5.69 Å². The summed E-state index contributed by atoms with van der Waals surface area (Å²) in [6.07, 6.45) is 0.179. The van der Waals surface area contributed by atoms with Crippen LogP contribution >= 0.6 is 0 Å². The zero-order chi connectivity index (χ0) is 26.4. The van der Waals surface area contributed by atoms with Gasteiger partial charge in [-0.2, -0.15) is 13.2 Å². The molecule has 4 aromatic rings. The maximum absolute atomic E-state index is 12.4. The van der Waals surface area contributed by atoms with E-state index in [4.69, 9.17) is 10.8 Å². The monoisotopic (exact) mass is 505 g/mol. The summed E-state index contributed by atoms with van der Waals surface area (Å²) < 4.78 is 37.3. The van der Waals surface area contributed by atoms with Gasteiger partial charge >= 0.3 is 12.1 Å². The molecule has 37 heavy (non-hydrogen) atoms. The molecule has 0 radical (unpaired) electrons. The minimum absolute atomic E-state index is 0.0576. The predicted molar refractivity (Wildman–Crippen MR) is 134 cm³/mol. The van der Waals surface area contributed by atoms with Crippen LogP contribution in [0, 0.1) is 0 Å². The van der Waals surface area contributed by atoms with E-state index >= 15 is 0 Å².